The first-order valence-corrected chi connectivity index (χ1v) is 19.4. The topological polar surface area (TPSA) is 35.5 Å². The Hall–Kier alpha value is 0.430. The van der Waals surface area contributed by atoms with E-state index < -0.39 is 7.53 Å². The lowest BCUT2D eigenvalue weighted by molar-refractivity contribution is 0.248. The molecular weight excluding hydrogens is 522 g/mol. The average Bonchev–Trinajstić information content (AvgIpc) is 2.83. The van der Waals surface area contributed by atoms with Crippen LogP contribution in [0.2, 0.25) is 0 Å². The fourth-order valence-corrected chi connectivity index (χ4v) is 5.71. The molecule has 1 aromatic carbocycles. The third-order valence-electron chi connectivity index (χ3n) is 4.36. The van der Waals surface area contributed by atoms with Gasteiger partial charge in [0, 0.05) is 21.3 Å². The molecule has 0 saturated heterocycles. The molecule has 9 heteroatoms. The Labute approximate surface area is 213 Å². The van der Waals surface area contributed by atoms with Crippen LogP contribution in [-0.4, -0.2) is 11.8 Å². The summed E-state index contributed by atoms with van der Waals surface area (Å²) in [6.45, 7) is 8.20. The minimum Gasteiger partial charge on any atom is -0.350 e. The maximum atomic E-state index is 11.8. The van der Waals surface area contributed by atoms with E-state index in [2.05, 4.69) is 75.9 Å². The van der Waals surface area contributed by atoms with Gasteiger partial charge in [-0.1, -0.05) is 109 Å². The first-order valence-electron chi connectivity index (χ1n) is 11.3. The zero-order valence-electron chi connectivity index (χ0n) is 20.2. The normalized spacial score (nSPS) is 14.4. The van der Waals surface area contributed by atoms with Gasteiger partial charge in [-0.2, -0.15) is 0 Å². The van der Waals surface area contributed by atoms with Crippen LogP contribution in [0.4, 0.5) is 0 Å². The van der Waals surface area contributed by atoms with Crippen LogP contribution in [0.1, 0.15) is 77.0 Å². The van der Waals surface area contributed by atoms with Crippen LogP contribution in [0.15, 0.2) is 42.5 Å². The Balaban J connectivity index is 0.00000497. The third-order valence-corrected chi connectivity index (χ3v) is 7.19. The number of rotatable bonds is 14. The largest absolute Gasteiger partial charge is 0.350 e. The van der Waals surface area contributed by atoms with Gasteiger partial charge in [0.1, 0.15) is 0 Å². The molecule has 0 aliphatic rings. The predicted molar refractivity (Wildman–Crippen MR) is 163 cm³/mol. The fraction of sp³-hybridized carbons (Fsp3) is 0.500. The molecule has 0 N–H and O–H groups in total. The Bertz CT molecular complexity index is 758. The van der Waals surface area contributed by atoms with Crippen LogP contribution in [-0.2, 0) is 13.6 Å². The highest BCUT2D eigenvalue weighted by molar-refractivity contribution is 8.41. The summed E-state index contributed by atoms with van der Waals surface area (Å²) >= 11 is 0. The van der Waals surface area contributed by atoms with E-state index in [-0.39, 0.29) is 34.8 Å². The van der Waals surface area contributed by atoms with Crippen molar-refractivity contribution in [1.82, 2.24) is 0 Å². The van der Waals surface area contributed by atoms with E-state index in [1.54, 1.807) is 0 Å². The van der Waals surface area contributed by atoms with Crippen molar-refractivity contribution in [2.45, 2.75) is 77.7 Å². The van der Waals surface area contributed by atoms with E-state index in [9.17, 15) is 4.57 Å². The first-order chi connectivity index (χ1) is 16.1. The molecule has 0 amide bonds. The fourth-order valence-electron chi connectivity index (χ4n) is 2.88. The van der Waals surface area contributed by atoms with Crippen molar-refractivity contribution in [1.29, 1.82) is 0 Å². The SMILES string of the molecule is CC.CCC#CCC(OP(P)P)c1ccccc1/C=C/C(OPP)C(C/C=C\CCC)P=O. The van der Waals surface area contributed by atoms with E-state index in [4.69, 9.17) is 9.05 Å². The molecule has 0 aliphatic carbocycles. The molecule has 7 unspecified atom stereocenters. The van der Waals surface area contributed by atoms with Gasteiger partial charge in [-0.05, 0) is 24.0 Å². The van der Waals surface area contributed by atoms with Crippen LogP contribution in [0.3, 0.4) is 0 Å². The molecule has 0 saturated carbocycles. The molecule has 0 heterocycles. The van der Waals surface area contributed by atoms with Crippen molar-refractivity contribution in [2.24, 2.45) is 0 Å². The van der Waals surface area contributed by atoms with Gasteiger partial charge in [0.15, 0.2) is 8.46 Å². The van der Waals surface area contributed by atoms with Crippen molar-refractivity contribution in [2.75, 3.05) is 0 Å². The summed E-state index contributed by atoms with van der Waals surface area (Å²) in [7, 11) is 7.72. The Morgan fingerprint density at radius 1 is 1.18 bits per heavy atom. The average molecular weight is 562 g/mol. The molecule has 0 aromatic heterocycles. The molecule has 0 radical (unpaired) electrons. The summed E-state index contributed by atoms with van der Waals surface area (Å²) in [5.41, 5.74) is 2.06. The lowest BCUT2D eigenvalue weighted by atomic mass is 9.99. The minimum atomic E-state index is -0.682. The highest BCUT2D eigenvalue weighted by Gasteiger charge is 2.20. The zero-order chi connectivity index (χ0) is 24.9. The van der Waals surface area contributed by atoms with Gasteiger partial charge < -0.3 is 9.05 Å². The number of hydrogen-bond acceptors (Lipinski definition) is 3. The molecular formula is C24H40O3P6. The lowest BCUT2D eigenvalue weighted by Crippen LogP contribution is -2.19. The van der Waals surface area contributed by atoms with Crippen LogP contribution in [0, 0.1) is 11.8 Å². The number of allylic oxidation sites excluding steroid dienone is 2. The van der Waals surface area contributed by atoms with E-state index in [1.165, 1.54) is 0 Å². The summed E-state index contributed by atoms with van der Waals surface area (Å²) in [6.07, 6.45) is 12.4. The summed E-state index contributed by atoms with van der Waals surface area (Å²) in [6, 6.07) is 8.22. The summed E-state index contributed by atoms with van der Waals surface area (Å²) in [4.78, 5) is 0. The van der Waals surface area contributed by atoms with Gasteiger partial charge in [-0.15, -0.1) is 11.8 Å². The van der Waals surface area contributed by atoms with E-state index >= 15 is 0 Å². The van der Waals surface area contributed by atoms with Gasteiger partial charge in [-0.25, -0.2) is 0 Å². The summed E-state index contributed by atoms with van der Waals surface area (Å²) < 4.78 is 24.0. The Kier molecular flexibility index (Phi) is 23.2. The second-order valence-corrected chi connectivity index (χ2v) is 14.5. The van der Waals surface area contributed by atoms with Crippen LogP contribution in [0.25, 0.3) is 6.08 Å². The summed E-state index contributed by atoms with van der Waals surface area (Å²) in [5, 5.41) is 0. The Morgan fingerprint density at radius 3 is 2.52 bits per heavy atom. The highest BCUT2D eigenvalue weighted by Crippen LogP contribution is 2.57. The van der Waals surface area contributed by atoms with Crippen molar-refractivity contribution in [3.05, 3.63) is 53.6 Å². The molecule has 0 fully saturated rings. The molecule has 33 heavy (non-hydrogen) atoms. The number of hydrogen-bond donors (Lipinski definition) is 0. The number of benzene rings is 1. The van der Waals surface area contributed by atoms with E-state index in [0.717, 1.165) is 36.8 Å². The molecule has 1 aromatic rings. The van der Waals surface area contributed by atoms with Crippen molar-refractivity contribution in [3.63, 3.8) is 0 Å². The lowest BCUT2D eigenvalue weighted by Gasteiger charge is -2.21. The van der Waals surface area contributed by atoms with Crippen molar-refractivity contribution in [3.8, 4) is 11.8 Å². The molecule has 7 atom stereocenters. The first kappa shape index (κ1) is 33.4. The van der Waals surface area contributed by atoms with E-state index in [1.807, 2.05) is 39.0 Å². The molecule has 0 bridgehead atoms. The molecule has 0 aliphatic heterocycles. The standard InChI is InChI=1S/C22H34O3P6.C2H6/c1-3-5-7-9-15-22(29-23)21(24-30-26)17-16-18-12-10-11-13-19(18)20(25-31(27)28)14-8-6-4-2;1-2/h7,9-13,16-17,20-22,30H,3-5,14-15,26-28H2,1-2H3;1-2H3/b9-7-,17-16+;. The van der Waals surface area contributed by atoms with Crippen LogP contribution < -0.4 is 0 Å². The molecule has 3 nitrogen and oxygen atoms in total. The van der Waals surface area contributed by atoms with Crippen molar-refractivity contribution < 1.29 is 13.6 Å². The minimum absolute atomic E-state index is 0.0974. The predicted octanol–water partition coefficient (Wildman–Crippen LogP) is 9.74. The molecule has 184 valence electrons. The quantitative estimate of drug-likeness (QED) is 0.129. The maximum absolute atomic E-state index is 11.8. The van der Waals surface area contributed by atoms with Gasteiger partial charge in [0.2, 0.25) is 0 Å². The van der Waals surface area contributed by atoms with Crippen LogP contribution in [0.5, 0.6) is 0 Å². The van der Waals surface area contributed by atoms with E-state index in [0.29, 0.717) is 6.42 Å². The molecule has 0 spiro atoms. The monoisotopic (exact) mass is 562 g/mol. The Morgan fingerprint density at radius 2 is 1.91 bits per heavy atom. The van der Waals surface area contributed by atoms with Gasteiger partial charge in [0.25, 0.3) is 0 Å². The zero-order valence-corrected chi connectivity index (χ0v) is 26.5. The number of unbranched alkanes of at least 4 members (excludes halogenated alkanes) is 1. The summed E-state index contributed by atoms with van der Waals surface area (Å²) in [5.74, 6) is 6.37. The second-order valence-electron chi connectivity index (χ2n) is 6.72. The second kappa shape index (κ2) is 22.9. The maximum Gasteiger partial charge on any atom is 0.162 e. The highest BCUT2D eigenvalue weighted by atomic mass is 32.4. The van der Waals surface area contributed by atoms with Crippen molar-refractivity contribution >= 4 is 57.3 Å². The van der Waals surface area contributed by atoms with Gasteiger partial charge in [-0.3, -0.25) is 4.57 Å². The van der Waals surface area contributed by atoms with Crippen LogP contribution >= 0.6 is 51.3 Å². The van der Waals surface area contributed by atoms with Gasteiger partial charge in [0.05, 0.1) is 25.4 Å². The van der Waals surface area contributed by atoms with Gasteiger partial charge >= 0.3 is 0 Å². The third kappa shape index (κ3) is 15.2. The molecule has 1 rings (SSSR count). The smallest absolute Gasteiger partial charge is 0.162 e.